The molecule has 8 N–H and O–H groups in total. The Hall–Kier alpha value is -4.16. The third-order valence-electron chi connectivity index (χ3n) is 4.56. The fraction of sp³-hybridized carbons (Fsp3) is 0.238. The number of carbonyl (C=O) groups is 4. The molecule has 0 radical (unpaired) electrons. The minimum atomic E-state index is -1.34. The second-order valence-electron chi connectivity index (χ2n) is 7.08. The summed E-state index contributed by atoms with van der Waals surface area (Å²) in [5.74, 6) is -2.38. The number of ether oxygens (including phenoxy) is 2. The molecule has 3 rings (SSSR count). The third kappa shape index (κ3) is 6.41. The maximum Gasteiger partial charge on any atom is 0.305 e. The lowest BCUT2D eigenvalue weighted by molar-refractivity contribution is -0.137. The fourth-order valence-corrected chi connectivity index (χ4v) is 3.09. The number of carboxylic acid groups (broad SMARTS) is 1. The van der Waals surface area contributed by atoms with Crippen molar-refractivity contribution in [1.29, 1.82) is 0 Å². The number of hydrogen-bond acceptors (Lipinski definition) is 9. The smallest absolute Gasteiger partial charge is 0.305 e. The predicted octanol–water partition coefficient (Wildman–Crippen LogP) is -0.400. The molecule has 2 amide bonds. The summed E-state index contributed by atoms with van der Waals surface area (Å²) in [7, 11) is 0. The summed E-state index contributed by atoms with van der Waals surface area (Å²) < 4.78 is 10.4. The van der Waals surface area contributed by atoms with Crippen molar-refractivity contribution >= 4 is 29.3 Å². The summed E-state index contributed by atoms with van der Waals surface area (Å²) in [6, 6.07) is 9.34. The van der Waals surface area contributed by atoms with E-state index in [0.717, 1.165) is 0 Å². The SMILES string of the molecule is NC(N)Nc1cccc(C(=O)NCC(=O)NC(CC(=O)O)C(=O)c2ccc3c(c2)OCO3)c1. The fourth-order valence-electron chi connectivity index (χ4n) is 3.09. The molecule has 174 valence electrons. The number of carboxylic acids is 1. The number of hydrogen-bond donors (Lipinski definition) is 6. The number of carbonyl (C=O) groups excluding carboxylic acids is 3. The van der Waals surface area contributed by atoms with Gasteiger partial charge in [0.15, 0.2) is 17.3 Å². The summed E-state index contributed by atoms with van der Waals surface area (Å²) in [5, 5.41) is 16.7. The number of anilines is 1. The van der Waals surface area contributed by atoms with Gasteiger partial charge in [-0.15, -0.1) is 0 Å². The molecule has 0 saturated heterocycles. The average molecular weight is 457 g/mol. The summed E-state index contributed by atoms with van der Waals surface area (Å²) >= 11 is 0. The van der Waals surface area contributed by atoms with Crippen molar-refractivity contribution in [3.05, 3.63) is 53.6 Å². The normalized spacial score (nSPS) is 12.7. The first kappa shape index (κ1) is 23.5. The van der Waals surface area contributed by atoms with Gasteiger partial charge in [-0.1, -0.05) is 6.07 Å². The second kappa shape index (κ2) is 10.4. The van der Waals surface area contributed by atoms with E-state index in [0.29, 0.717) is 17.2 Å². The van der Waals surface area contributed by atoms with E-state index in [9.17, 15) is 19.2 Å². The summed E-state index contributed by atoms with van der Waals surface area (Å²) in [4.78, 5) is 48.7. The third-order valence-corrected chi connectivity index (χ3v) is 4.56. The summed E-state index contributed by atoms with van der Waals surface area (Å²) in [5.41, 5.74) is 11.8. The maximum absolute atomic E-state index is 12.8. The number of fused-ring (bicyclic) bond motifs is 1. The van der Waals surface area contributed by atoms with Gasteiger partial charge in [0.05, 0.1) is 13.0 Å². The molecule has 1 heterocycles. The Morgan fingerprint density at radius 2 is 1.76 bits per heavy atom. The highest BCUT2D eigenvalue weighted by molar-refractivity contribution is 6.04. The Bertz CT molecular complexity index is 1070. The van der Waals surface area contributed by atoms with Gasteiger partial charge >= 0.3 is 5.97 Å². The minimum absolute atomic E-state index is 0.0139. The van der Waals surface area contributed by atoms with Gasteiger partial charge in [-0.2, -0.15) is 0 Å². The van der Waals surface area contributed by atoms with Crippen LogP contribution in [0.5, 0.6) is 11.5 Å². The molecule has 2 aromatic carbocycles. The van der Waals surface area contributed by atoms with Crippen molar-refractivity contribution in [2.24, 2.45) is 11.5 Å². The topological polar surface area (TPSA) is 195 Å². The number of rotatable bonds is 10. The molecule has 0 fully saturated rings. The Morgan fingerprint density at radius 1 is 1.00 bits per heavy atom. The standard InChI is InChI=1S/C21H23N5O7/c22-21(23)25-13-3-1-2-12(6-13)20(31)24-9-17(27)26-14(8-18(28)29)19(30)11-4-5-15-16(7-11)33-10-32-15/h1-7,14,21,25H,8-10,22-23H2,(H,24,31)(H,26,27)(H,28,29). The maximum atomic E-state index is 12.8. The molecule has 0 aliphatic carbocycles. The van der Waals surface area contributed by atoms with Crippen LogP contribution in [0.1, 0.15) is 27.1 Å². The van der Waals surface area contributed by atoms with E-state index in [2.05, 4.69) is 16.0 Å². The molecule has 0 saturated carbocycles. The number of nitrogens with two attached hydrogens (primary N) is 2. The number of Topliss-reactive ketones (excluding diaryl/α,β-unsaturated/α-hetero) is 1. The number of benzene rings is 2. The van der Waals surface area contributed by atoms with Crippen molar-refractivity contribution in [2.75, 3.05) is 18.7 Å². The van der Waals surface area contributed by atoms with Crippen LogP contribution >= 0.6 is 0 Å². The molecular formula is C21H23N5O7. The van der Waals surface area contributed by atoms with E-state index in [1.165, 1.54) is 30.3 Å². The highest BCUT2D eigenvalue weighted by atomic mass is 16.7. The van der Waals surface area contributed by atoms with Crippen molar-refractivity contribution in [2.45, 2.75) is 18.8 Å². The van der Waals surface area contributed by atoms with Gasteiger partial charge in [0.25, 0.3) is 5.91 Å². The van der Waals surface area contributed by atoms with E-state index in [1.54, 1.807) is 12.1 Å². The molecule has 0 aromatic heterocycles. The zero-order chi connectivity index (χ0) is 24.0. The van der Waals surface area contributed by atoms with Crippen LogP contribution in [0.2, 0.25) is 0 Å². The van der Waals surface area contributed by atoms with Crippen LogP contribution in [-0.4, -0.2) is 54.3 Å². The van der Waals surface area contributed by atoms with Gasteiger partial charge < -0.3 is 30.5 Å². The molecule has 1 unspecified atom stereocenters. The van der Waals surface area contributed by atoms with Crippen LogP contribution in [0.4, 0.5) is 5.69 Å². The van der Waals surface area contributed by atoms with Crippen LogP contribution in [0.3, 0.4) is 0 Å². The lowest BCUT2D eigenvalue weighted by atomic mass is 10.0. The molecule has 33 heavy (non-hydrogen) atoms. The van der Waals surface area contributed by atoms with Crippen LogP contribution in [0, 0.1) is 0 Å². The molecule has 0 spiro atoms. The molecule has 1 aliphatic rings. The zero-order valence-electron chi connectivity index (χ0n) is 17.4. The van der Waals surface area contributed by atoms with Crippen LogP contribution in [0.15, 0.2) is 42.5 Å². The highest BCUT2D eigenvalue weighted by Crippen LogP contribution is 2.32. The molecule has 1 atom stereocenters. The lowest BCUT2D eigenvalue weighted by Crippen LogP contribution is -2.46. The molecule has 2 aromatic rings. The number of aliphatic carboxylic acids is 1. The second-order valence-corrected chi connectivity index (χ2v) is 7.08. The van der Waals surface area contributed by atoms with Crippen LogP contribution in [0.25, 0.3) is 0 Å². The van der Waals surface area contributed by atoms with E-state index >= 15 is 0 Å². The van der Waals surface area contributed by atoms with Crippen LogP contribution in [-0.2, 0) is 9.59 Å². The summed E-state index contributed by atoms with van der Waals surface area (Å²) in [6.45, 7) is -0.461. The lowest BCUT2D eigenvalue weighted by Gasteiger charge is -2.17. The van der Waals surface area contributed by atoms with E-state index in [1.807, 2.05) is 0 Å². The Morgan fingerprint density at radius 3 is 2.48 bits per heavy atom. The first-order valence-corrected chi connectivity index (χ1v) is 9.84. The van der Waals surface area contributed by atoms with Gasteiger partial charge in [0.2, 0.25) is 12.7 Å². The van der Waals surface area contributed by atoms with Crippen molar-refractivity contribution in [3.8, 4) is 11.5 Å². The number of amides is 2. The van der Waals surface area contributed by atoms with Gasteiger partial charge in [0.1, 0.15) is 12.3 Å². The quantitative estimate of drug-likeness (QED) is 0.202. The Kier molecular flexibility index (Phi) is 7.43. The molecule has 1 aliphatic heterocycles. The minimum Gasteiger partial charge on any atom is -0.481 e. The van der Waals surface area contributed by atoms with Crippen LogP contribution < -0.4 is 36.9 Å². The molecule has 12 heteroatoms. The highest BCUT2D eigenvalue weighted by Gasteiger charge is 2.26. The van der Waals surface area contributed by atoms with Gasteiger partial charge in [-0.25, -0.2) is 0 Å². The van der Waals surface area contributed by atoms with Crippen molar-refractivity contribution < 1.29 is 33.8 Å². The predicted molar refractivity (Wildman–Crippen MR) is 116 cm³/mol. The Labute approximate surface area is 188 Å². The number of nitrogens with one attached hydrogen (secondary N) is 3. The first-order chi connectivity index (χ1) is 15.7. The molecular weight excluding hydrogens is 434 g/mol. The monoisotopic (exact) mass is 457 g/mol. The van der Waals surface area contributed by atoms with E-state index in [4.69, 9.17) is 26.0 Å². The number of ketones is 1. The van der Waals surface area contributed by atoms with E-state index < -0.39 is 48.9 Å². The van der Waals surface area contributed by atoms with Gasteiger partial charge in [-0.05, 0) is 36.4 Å². The Balaban J connectivity index is 1.61. The first-order valence-electron chi connectivity index (χ1n) is 9.84. The van der Waals surface area contributed by atoms with Gasteiger partial charge in [0, 0.05) is 16.8 Å². The van der Waals surface area contributed by atoms with E-state index in [-0.39, 0.29) is 17.9 Å². The van der Waals surface area contributed by atoms with Gasteiger partial charge in [-0.3, -0.25) is 30.6 Å². The zero-order valence-corrected chi connectivity index (χ0v) is 17.4. The molecule has 12 nitrogen and oxygen atoms in total. The average Bonchev–Trinajstić information content (AvgIpc) is 3.24. The largest absolute Gasteiger partial charge is 0.481 e. The van der Waals surface area contributed by atoms with Crippen molar-refractivity contribution in [3.63, 3.8) is 0 Å². The van der Waals surface area contributed by atoms with Crippen molar-refractivity contribution in [1.82, 2.24) is 10.6 Å². The summed E-state index contributed by atoms with van der Waals surface area (Å²) in [6.07, 6.45) is -1.46. The molecule has 0 bridgehead atoms.